The number of rotatable bonds is 7. The van der Waals surface area contributed by atoms with E-state index in [9.17, 15) is 18.0 Å². The molecule has 2 aliphatic rings. The van der Waals surface area contributed by atoms with Crippen molar-refractivity contribution in [2.45, 2.75) is 63.3 Å². The summed E-state index contributed by atoms with van der Waals surface area (Å²) in [6, 6.07) is 4.24. The normalized spacial score (nSPS) is 23.2. The van der Waals surface area contributed by atoms with Crippen LogP contribution in [0.2, 0.25) is 0 Å². The minimum absolute atomic E-state index is 0.0706. The third-order valence-corrected chi connectivity index (χ3v) is 6.99. The molecule has 10 heteroatoms. The summed E-state index contributed by atoms with van der Waals surface area (Å²) >= 11 is 0. The Hall–Kier alpha value is -2.46. The lowest BCUT2D eigenvalue weighted by Gasteiger charge is -2.47. The maximum absolute atomic E-state index is 13.1. The van der Waals surface area contributed by atoms with Gasteiger partial charge in [0.05, 0.1) is 23.7 Å². The highest BCUT2D eigenvalue weighted by molar-refractivity contribution is 5.91. The fourth-order valence-corrected chi connectivity index (χ4v) is 4.95. The maximum atomic E-state index is 13.1. The van der Waals surface area contributed by atoms with Gasteiger partial charge in [-0.15, -0.1) is 0 Å². The van der Waals surface area contributed by atoms with Gasteiger partial charge >= 0.3 is 6.18 Å². The maximum Gasteiger partial charge on any atom is 0.416 e. The van der Waals surface area contributed by atoms with Crippen molar-refractivity contribution in [2.24, 2.45) is 11.7 Å². The number of hydrogen-bond donors (Lipinski definition) is 3. The number of carbonyl (C=O) groups excluding carboxylic acids is 1. The van der Waals surface area contributed by atoms with Gasteiger partial charge < -0.3 is 16.4 Å². The molecule has 1 saturated carbocycles. The van der Waals surface area contributed by atoms with Gasteiger partial charge in [0, 0.05) is 30.6 Å². The standard InChI is InChI=1S/C23H31F3N6O/c1-2-19(27)14-3-6-17(7-4-14)32-11-16(12-32)31-21(33)10-28-22-18-9-15(23(24,25)26)5-8-20(18)29-13-30-22/h5,8-9,13-14,16-17,19H,2-4,6-7,10-12,27H2,1H3,(H,31,33)(H,28,29,30)/t14?,17?,19-/m1/s1. The van der Waals surface area contributed by atoms with E-state index in [-0.39, 0.29) is 29.7 Å². The minimum Gasteiger partial charge on any atom is -0.360 e. The van der Waals surface area contributed by atoms with E-state index in [1.807, 2.05) is 0 Å². The first kappa shape index (κ1) is 23.7. The van der Waals surface area contributed by atoms with E-state index < -0.39 is 11.7 Å². The SMILES string of the molecule is CC[C@@H](N)C1CCC(N2CC(NC(=O)CNc3ncnc4ccc(C(F)(F)F)cc34)C2)CC1. The van der Waals surface area contributed by atoms with Crippen molar-refractivity contribution in [3.05, 3.63) is 30.1 Å². The molecule has 7 nitrogen and oxygen atoms in total. The Morgan fingerprint density at radius 2 is 1.94 bits per heavy atom. The fourth-order valence-electron chi connectivity index (χ4n) is 4.95. The van der Waals surface area contributed by atoms with Crippen LogP contribution < -0.4 is 16.4 Å². The van der Waals surface area contributed by atoms with Crippen LogP contribution in [-0.2, 0) is 11.0 Å². The number of alkyl halides is 3. The van der Waals surface area contributed by atoms with Crippen molar-refractivity contribution in [3.8, 4) is 0 Å². The minimum atomic E-state index is -4.46. The Morgan fingerprint density at radius 3 is 2.61 bits per heavy atom. The van der Waals surface area contributed by atoms with E-state index in [4.69, 9.17) is 5.73 Å². The summed E-state index contributed by atoms with van der Waals surface area (Å²) in [6.45, 7) is 3.72. The second-order valence-corrected chi connectivity index (χ2v) is 9.16. The molecule has 2 heterocycles. The van der Waals surface area contributed by atoms with E-state index in [1.165, 1.54) is 25.2 Å². The lowest BCUT2D eigenvalue weighted by atomic mass is 9.79. The Morgan fingerprint density at radius 1 is 1.21 bits per heavy atom. The van der Waals surface area contributed by atoms with Gasteiger partial charge in [0.25, 0.3) is 0 Å². The summed E-state index contributed by atoms with van der Waals surface area (Å²) in [5.74, 6) is 0.619. The Labute approximate surface area is 191 Å². The smallest absolute Gasteiger partial charge is 0.360 e. The van der Waals surface area contributed by atoms with Crippen LogP contribution in [0, 0.1) is 5.92 Å². The number of nitrogens with one attached hydrogen (secondary N) is 2. The van der Waals surface area contributed by atoms with Crippen molar-refractivity contribution in [2.75, 3.05) is 25.0 Å². The molecule has 0 bridgehead atoms. The van der Waals surface area contributed by atoms with Gasteiger partial charge in [0.15, 0.2) is 0 Å². The zero-order valence-electron chi connectivity index (χ0n) is 18.7. The summed E-state index contributed by atoms with van der Waals surface area (Å²) in [7, 11) is 0. The number of halogens is 3. The zero-order valence-corrected chi connectivity index (χ0v) is 18.7. The first-order valence-corrected chi connectivity index (χ1v) is 11.6. The van der Waals surface area contributed by atoms with Gasteiger partial charge in [-0.25, -0.2) is 9.97 Å². The van der Waals surface area contributed by atoms with E-state index in [2.05, 4.69) is 32.4 Å². The number of fused-ring (bicyclic) bond motifs is 1. The molecule has 33 heavy (non-hydrogen) atoms. The topological polar surface area (TPSA) is 96.2 Å². The molecule has 180 valence electrons. The van der Waals surface area contributed by atoms with Crippen molar-refractivity contribution in [3.63, 3.8) is 0 Å². The van der Waals surface area contributed by atoms with E-state index in [1.54, 1.807) is 0 Å². The highest BCUT2D eigenvalue weighted by Gasteiger charge is 2.36. The average molecular weight is 465 g/mol. The van der Waals surface area contributed by atoms with Crippen LogP contribution in [0.1, 0.15) is 44.6 Å². The number of hydrogen-bond acceptors (Lipinski definition) is 6. The van der Waals surface area contributed by atoms with Gasteiger partial charge in [-0.3, -0.25) is 9.69 Å². The van der Waals surface area contributed by atoms with Gasteiger partial charge in [-0.1, -0.05) is 6.92 Å². The molecule has 0 radical (unpaired) electrons. The molecule has 0 spiro atoms. The molecule has 1 aliphatic heterocycles. The van der Waals surface area contributed by atoms with Crippen molar-refractivity contribution < 1.29 is 18.0 Å². The molecule has 2 fully saturated rings. The first-order valence-electron chi connectivity index (χ1n) is 11.6. The molecule has 2 aromatic rings. The highest BCUT2D eigenvalue weighted by Crippen LogP contribution is 2.33. The molecule has 1 amide bonds. The van der Waals surface area contributed by atoms with E-state index in [0.717, 1.165) is 44.5 Å². The Bertz CT molecular complexity index is 970. The average Bonchev–Trinajstić information content (AvgIpc) is 2.78. The largest absolute Gasteiger partial charge is 0.416 e. The van der Waals surface area contributed by atoms with Crippen molar-refractivity contribution >= 4 is 22.6 Å². The molecule has 4 N–H and O–H groups in total. The third kappa shape index (κ3) is 5.55. The molecular weight excluding hydrogens is 433 g/mol. The van der Waals surface area contributed by atoms with Crippen LogP contribution in [0.15, 0.2) is 24.5 Å². The van der Waals surface area contributed by atoms with E-state index >= 15 is 0 Å². The summed E-state index contributed by atoms with van der Waals surface area (Å²) in [4.78, 5) is 22.8. The number of nitrogens with zero attached hydrogens (tertiary/aromatic N) is 3. The lowest BCUT2D eigenvalue weighted by molar-refractivity contribution is -0.137. The molecular formula is C23H31F3N6O. The number of benzene rings is 1. The van der Waals surface area contributed by atoms with E-state index in [0.29, 0.717) is 23.5 Å². The van der Waals surface area contributed by atoms with Crippen LogP contribution in [0.4, 0.5) is 19.0 Å². The summed E-state index contributed by atoms with van der Waals surface area (Å²) < 4.78 is 39.2. The van der Waals surface area contributed by atoms with Crippen molar-refractivity contribution in [1.82, 2.24) is 20.2 Å². The fraction of sp³-hybridized carbons (Fsp3) is 0.609. The zero-order chi connectivity index (χ0) is 23.6. The predicted octanol–water partition coefficient (Wildman–Crippen LogP) is 3.16. The molecule has 1 saturated heterocycles. The second kappa shape index (κ2) is 9.80. The number of nitrogens with two attached hydrogens (primary N) is 1. The number of amides is 1. The first-order chi connectivity index (χ1) is 15.7. The van der Waals surface area contributed by atoms with Crippen LogP contribution in [0.3, 0.4) is 0 Å². The molecule has 1 aromatic carbocycles. The van der Waals surface area contributed by atoms with Crippen molar-refractivity contribution in [1.29, 1.82) is 0 Å². The van der Waals surface area contributed by atoms with Crippen LogP contribution in [0.25, 0.3) is 10.9 Å². The summed E-state index contributed by atoms with van der Waals surface area (Å²) in [5.41, 5.74) is 5.79. The summed E-state index contributed by atoms with van der Waals surface area (Å²) in [5, 5.41) is 6.08. The van der Waals surface area contributed by atoms with Crippen LogP contribution in [-0.4, -0.2) is 58.5 Å². The molecule has 1 aliphatic carbocycles. The van der Waals surface area contributed by atoms with Crippen LogP contribution in [0.5, 0.6) is 0 Å². The van der Waals surface area contributed by atoms with Crippen LogP contribution >= 0.6 is 0 Å². The lowest BCUT2D eigenvalue weighted by Crippen LogP contribution is -2.63. The monoisotopic (exact) mass is 464 g/mol. The van der Waals surface area contributed by atoms with Gasteiger partial charge in [0.1, 0.15) is 12.1 Å². The molecule has 0 unspecified atom stereocenters. The van der Waals surface area contributed by atoms with Gasteiger partial charge in [-0.2, -0.15) is 13.2 Å². The summed E-state index contributed by atoms with van der Waals surface area (Å²) in [6.07, 6.45) is 2.47. The number of anilines is 1. The van der Waals surface area contributed by atoms with Gasteiger partial charge in [-0.05, 0) is 56.2 Å². The molecule has 1 atom stereocenters. The molecule has 4 rings (SSSR count). The van der Waals surface area contributed by atoms with Gasteiger partial charge in [0.2, 0.25) is 5.91 Å². The number of aromatic nitrogens is 2. The number of carbonyl (C=O) groups is 1. The number of likely N-dealkylation sites (tertiary alicyclic amines) is 1. The second-order valence-electron chi connectivity index (χ2n) is 9.16. The third-order valence-electron chi connectivity index (χ3n) is 6.99. The quantitative estimate of drug-likeness (QED) is 0.583. The Balaban J connectivity index is 1.24. The Kier molecular flexibility index (Phi) is 7.04. The predicted molar refractivity (Wildman–Crippen MR) is 121 cm³/mol. The highest BCUT2D eigenvalue weighted by atomic mass is 19.4. The molecule has 1 aromatic heterocycles.